The predicted molar refractivity (Wildman–Crippen MR) is 142 cm³/mol. The van der Waals surface area contributed by atoms with Gasteiger partial charge in [0.05, 0.1) is 32.7 Å². The van der Waals surface area contributed by atoms with E-state index in [1.807, 2.05) is 18.3 Å². The Hall–Kier alpha value is -2.81. The summed E-state index contributed by atoms with van der Waals surface area (Å²) < 4.78 is 12.4. The molecule has 1 atom stereocenters. The Balaban J connectivity index is 2.25. The third-order valence-electron chi connectivity index (χ3n) is 5.84. The number of ether oxygens (including phenoxy) is 2. The zero-order valence-corrected chi connectivity index (χ0v) is 23.1. The molecule has 1 heterocycles. The van der Waals surface area contributed by atoms with Crippen molar-refractivity contribution in [2.75, 3.05) is 20.0 Å². The first-order chi connectivity index (χ1) is 17.2. The number of hydrogen-bond acceptors (Lipinski definition) is 7. The molecule has 1 aromatic carbocycles. The number of carbonyl (C=O) groups is 3. The van der Waals surface area contributed by atoms with Crippen LogP contribution in [-0.2, 0) is 33.8 Å². The molecule has 1 aromatic heterocycles. The zero-order chi connectivity index (χ0) is 26.7. The molecule has 2 rings (SSSR count). The monoisotopic (exact) mass is 517 g/mol. The maximum Gasteiger partial charge on any atom is 0.341 e. The number of imidazole rings is 1. The van der Waals surface area contributed by atoms with Gasteiger partial charge in [0.15, 0.2) is 5.12 Å². The first-order valence-electron chi connectivity index (χ1n) is 12.4. The number of methoxy groups -OCH3 is 2. The quantitative estimate of drug-likeness (QED) is 0.365. The van der Waals surface area contributed by atoms with E-state index in [1.54, 1.807) is 6.07 Å². The number of esters is 1. The van der Waals surface area contributed by atoms with Gasteiger partial charge in [0.2, 0.25) is 5.91 Å². The van der Waals surface area contributed by atoms with Crippen LogP contribution in [-0.4, -0.2) is 46.5 Å². The minimum Gasteiger partial charge on any atom is -0.496 e. The maximum absolute atomic E-state index is 13.0. The topological polar surface area (TPSA) is 99.5 Å². The van der Waals surface area contributed by atoms with E-state index in [4.69, 9.17) is 9.47 Å². The molecule has 0 saturated heterocycles. The highest BCUT2D eigenvalue weighted by Gasteiger charge is 2.22. The molecule has 0 aliphatic rings. The van der Waals surface area contributed by atoms with Crippen LogP contribution in [0.3, 0.4) is 0 Å². The molecule has 1 N–H and O–H groups in total. The van der Waals surface area contributed by atoms with E-state index in [1.165, 1.54) is 32.9 Å². The van der Waals surface area contributed by atoms with E-state index in [2.05, 4.69) is 35.6 Å². The van der Waals surface area contributed by atoms with Gasteiger partial charge in [0, 0.05) is 31.6 Å². The van der Waals surface area contributed by atoms with Gasteiger partial charge in [-0.2, -0.15) is 0 Å². The van der Waals surface area contributed by atoms with Gasteiger partial charge in [-0.25, -0.2) is 9.78 Å². The Kier molecular flexibility index (Phi) is 12.0. The van der Waals surface area contributed by atoms with Gasteiger partial charge in [0.1, 0.15) is 17.1 Å². The van der Waals surface area contributed by atoms with Crippen molar-refractivity contribution in [3.05, 3.63) is 47.0 Å². The van der Waals surface area contributed by atoms with Crippen molar-refractivity contribution in [1.29, 1.82) is 0 Å². The number of nitrogens with zero attached hydrogens (tertiary/aromatic N) is 2. The van der Waals surface area contributed by atoms with Crippen molar-refractivity contribution in [3.63, 3.8) is 0 Å². The van der Waals surface area contributed by atoms with Crippen LogP contribution >= 0.6 is 11.8 Å². The number of thioether (sulfide) groups is 1. The highest BCUT2D eigenvalue weighted by molar-refractivity contribution is 8.13. The van der Waals surface area contributed by atoms with E-state index in [0.717, 1.165) is 42.8 Å². The lowest BCUT2D eigenvalue weighted by molar-refractivity contribution is -0.125. The number of nitrogens with one attached hydrogen (secondary N) is 1. The largest absolute Gasteiger partial charge is 0.496 e. The molecule has 198 valence electrons. The van der Waals surface area contributed by atoms with Crippen LogP contribution in [0.15, 0.2) is 24.4 Å². The number of aryl methyl sites for hydroxylation is 1. The second-order valence-corrected chi connectivity index (χ2v) is 10.4. The minimum absolute atomic E-state index is 0.0174. The second kappa shape index (κ2) is 14.7. The van der Waals surface area contributed by atoms with Crippen molar-refractivity contribution in [2.45, 2.75) is 66.5 Å². The molecule has 1 amide bonds. The molecule has 2 aromatic rings. The van der Waals surface area contributed by atoms with Crippen molar-refractivity contribution in [3.8, 4) is 5.75 Å². The standard InChI is InChI=1S/C27H39N3O5S/c1-7-8-9-25-28-14-22(15-29-26(32)21(12-18(2)3)17-36-19(4)31)30(25)16-20-10-11-23(27(33)35-6)24(13-20)34-5/h10-11,13-14,18,21H,7-9,12,15-17H2,1-6H3,(H,29,32)/t21-/m0/s1. The number of rotatable bonds is 14. The van der Waals surface area contributed by atoms with Crippen LogP contribution in [0, 0.1) is 11.8 Å². The molecule has 0 unspecified atom stereocenters. The molecule has 0 spiro atoms. The molecular formula is C27H39N3O5S. The molecular weight excluding hydrogens is 478 g/mol. The smallest absolute Gasteiger partial charge is 0.341 e. The average Bonchev–Trinajstić information content (AvgIpc) is 3.23. The van der Waals surface area contributed by atoms with E-state index < -0.39 is 5.97 Å². The lowest BCUT2D eigenvalue weighted by Crippen LogP contribution is -2.33. The summed E-state index contributed by atoms with van der Waals surface area (Å²) in [5, 5.41) is 3.09. The fourth-order valence-corrected chi connectivity index (χ4v) is 4.70. The maximum atomic E-state index is 13.0. The van der Waals surface area contributed by atoms with E-state index in [0.29, 0.717) is 36.1 Å². The Morgan fingerprint density at radius 1 is 1.19 bits per heavy atom. The fourth-order valence-electron chi connectivity index (χ4n) is 3.98. The summed E-state index contributed by atoms with van der Waals surface area (Å²) in [6.07, 6.45) is 5.41. The summed E-state index contributed by atoms with van der Waals surface area (Å²) in [4.78, 5) is 41.1. The summed E-state index contributed by atoms with van der Waals surface area (Å²) >= 11 is 1.20. The van der Waals surface area contributed by atoms with Gasteiger partial charge in [-0.1, -0.05) is 45.0 Å². The highest BCUT2D eigenvalue weighted by Crippen LogP contribution is 2.23. The Bertz CT molecular complexity index is 1030. The third-order valence-corrected chi connectivity index (χ3v) is 6.82. The van der Waals surface area contributed by atoms with Crippen LogP contribution < -0.4 is 10.1 Å². The van der Waals surface area contributed by atoms with Gasteiger partial charge >= 0.3 is 5.97 Å². The fraction of sp³-hybridized carbons (Fsp3) is 0.556. The summed E-state index contributed by atoms with van der Waals surface area (Å²) in [5.74, 6) is 1.49. The second-order valence-electron chi connectivity index (χ2n) is 9.23. The summed E-state index contributed by atoms with van der Waals surface area (Å²) in [5.41, 5.74) is 2.21. The SMILES string of the molecule is CCCCc1ncc(CNC(=O)[C@H](CSC(C)=O)CC(C)C)n1Cc1ccc(C(=O)OC)c(OC)c1. The molecule has 36 heavy (non-hydrogen) atoms. The average molecular weight is 518 g/mol. The van der Waals surface area contributed by atoms with Crippen LogP contribution in [0.25, 0.3) is 0 Å². The number of amides is 1. The molecule has 0 aliphatic heterocycles. The van der Waals surface area contributed by atoms with Crippen molar-refractivity contribution >= 4 is 28.8 Å². The van der Waals surface area contributed by atoms with Gasteiger partial charge in [0.25, 0.3) is 0 Å². The van der Waals surface area contributed by atoms with Gasteiger partial charge in [-0.05, 0) is 36.5 Å². The van der Waals surface area contributed by atoms with Crippen LogP contribution in [0.2, 0.25) is 0 Å². The number of hydrogen-bond donors (Lipinski definition) is 1. The van der Waals surface area contributed by atoms with Crippen molar-refractivity contribution in [2.24, 2.45) is 11.8 Å². The first kappa shape index (κ1) is 29.4. The lowest BCUT2D eigenvalue weighted by atomic mass is 9.98. The molecule has 0 aliphatic carbocycles. The summed E-state index contributed by atoms with van der Waals surface area (Å²) in [6.45, 7) is 8.68. The molecule has 8 nitrogen and oxygen atoms in total. The zero-order valence-electron chi connectivity index (χ0n) is 22.3. The van der Waals surface area contributed by atoms with E-state index in [9.17, 15) is 14.4 Å². The number of benzene rings is 1. The third kappa shape index (κ3) is 8.69. The van der Waals surface area contributed by atoms with Gasteiger partial charge in [-0.3, -0.25) is 9.59 Å². The Morgan fingerprint density at radius 3 is 2.56 bits per heavy atom. The van der Waals surface area contributed by atoms with Crippen molar-refractivity contribution in [1.82, 2.24) is 14.9 Å². The predicted octanol–water partition coefficient (Wildman–Crippen LogP) is 4.63. The van der Waals surface area contributed by atoms with Crippen LogP contribution in [0.4, 0.5) is 0 Å². The Morgan fingerprint density at radius 2 is 1.94 bits per heavy atom. The highest BCUT2D eigenvalue weighted by atomic mass is 32.2. The first-order valence-corrected chi connectivity index (χ1v) is 13.4. The number of unbranched alkanes of at least 4 members (excludes halogenated alkanes) is 1. The minimum atomic E-state index is -0.452. The number of aromatic nitrogens is 2. The van der Waals surface area contributed by atoms with Crippen LogP contribution in [0.1, 0.15) is 74.4 Å². The summed E-state index contributed by atoms with van der Waals surface area (Å²) in [6, 6.07) is 5.40. The van der Waals surface area contributed by atoms with E-state index >= 15 is 0 Å². The molecule has 0 fully saturated rings. The Labute approximate surface area is 218 Å². The van der Waals surface area contributed by atoms with Gasteiger partial charge < -0.3 is 19.4 Å². The normalized spacial score (nSPS) is 11.9. The molecule has 0 saturated carbocycles. The van der Waals surface area contributed by atoms with E-state index in [-0.39, 0.29) is 16.9 Å². The molecule has 0 bridgehead atoms. The molecule has 0 radical (unpaired) electrons. The van der Waals surface area contributed by atoms with Gasteiger partial charge in [-0.15, -0.1) is 0 Å². The molecule has 9 heteroatoms. The van der Waals surface area contributed by atoms with Crippen molar-refractivity contribution < 1.29 is 23.9 Å². The number of carbonyl (C=O) groups excluding carboxylic acids is 3. The summed E-state index contributed by atoms with van der Waals surface area (Å²) in [7, 11) is 2.86. The lowest BCUT2D eigenvalue weighted by Gasteiger charge is -2.19. The van der Waals surface area contributed by atoms with Crippen LogP contribution in [0.5, 0.6) is 5.75 Å².